The Balaban J connectivity index is 1.21. The van der Waals surface area contributed by atoms with E-state index >= 15 is 0 Å². The van der Waals surface area contributed by atoms with Gasteiger partial charge in [-0.15, -0.1) is 11.3 Å². The molecule has 3 aliphatic carbocycles. The second-order valence-electron chi connectivity index (χ2n) is 26.7. The van der Waals surface area contributed by atoms with Crippen LogP contribution in [0.3, 0.4) is 0 Å². The lowest BCUT2D eigenvalue weighted by Crippen LogP contribution is -2.61. The average Bonchev–Trinajstić information content (AvgIpc) is 3.79. The van der Waals surface area contributed by atoms with Crippen molar-refractivity contribution in [3.63, 3.8) is 0 Å². The van der Waals surface area contributed by atoms with Crippen molar-refractivity contribution in [1.82, 2.24) is 0 Å². The van der Waals surface area contributed by atoms with Crippen LogP contribution >= 0.6 is 11.3 Å². The lowest BCUT2D eigenvalue weighted by Gasteiger charge is -2.47. The van der Waals surface area contributed by atoms with E-state index in [1.54, 1.807) is 0 Å². The molecule has 5 aliphatic rings. The van der Waals surface area contributed by atoms with E-state index in [1.165, 1.54) is 152 Å². The van der Waals surface area contributed by atoms with Gasteiger partial charge in [0.15, 0.2) is 0 Å². The number of thiophene rings is 1. The number of hydrogen-bond donors (Lipinski definition) is 0. The summed E-state index contributed by atoms with van der Waals surface area (Å²) in [4.78, 5) is 5.51. The molecule has 0 radical (unpaired) electrons. The van der Waals surface area contributed by atoms with Gasteiger partial charge in [-0.25, -0.2) is 0 Å². The molecule has 0 saturated heterocycles. The molecule has 1 aromatic heterocycles. The summed E-state index contributed by atoms with van der Waals surface area (Å²) in [5.41, 5.74) is 26.7. The summed E-state index contributed by atoms with van der Waals surface area (Å²) in [7, 11) is 0. The topological polar surface area (TPSA) is 6.48 Å². The molecule has 0 saturated carbocycles. The van der Waals surface area contributed by atoms with E-state index in [1.807, 2.05) is 11.3 Å². The SMILES string of the molecule is Cc1cc2c(cc1N1c3cc4c(cc3B3c5c1cc(-c1ccccc1)cc5N(c1cc5c(cc1C)C(C)(C)CCC5(C)C)c1ccc5c(sc6ccccc65)c13)C(C)(C)CC4(C)C)C(C)(C)CCC2(C)C. The van der Waals surface area contributed by atoms with Gasteiger partial charge in [0.05, 0.1) is 0 Å². The fraction of sp³-hybridized carbons (Fsp3) is 0.373. The summed E-state index contributed by atoms with van der Waals surface area (Å²) in [6.07, 6.45) is 5.86. The first kappa shape index (κ1) is 45.3. The van der Waals surface area contributed by atoms with Crippen molar-refractivity contribution in [2.24, 2.45) is 0 Å². The molecule has 2 nitrogen and oxygen atoms in total. The van der Waals surface area contributed by atoms with Crippen LogP contribution in [0.25, 0.3) is 31.3 Å². The highest BCUT2D eigenvalue weighted by Gasteiger charge is 2.50. The van der Waals surface area contributed by atoms with Crippen molar-refractivity contribution in [1.29, 1.82) is 0 Å². The Kier molecular flexibility index (Phi) is 9.29. The smallest absolute Gasteiger partial charge is 0.254 e. The van der Waals surface area contributed by atoms with Crippen LogP contribution in [0.1, 0.15) is 160 Å². The second-order valence-corrected chi connectivity index (χ2v) is 27.7. The van der Waals surface area contributed by atoms with Crippen molar-refractivity contribution in [3.8, 4) is 11.1 Å². The van der Waals surface area contributed by atoms with E-state index in [0.717, 1.165) is 6.42 Å². The molecular formula is C67H71BN2S. The lowest BCUT2D eigenvalue weighted by molar-refractivity contribution is 0.332. The first-order chi connectivity index (χ1) is 33.5. The highest BCUT2D eigenvalue weighted by atomic mass is 32.1. The number of anilines is 6. The van der Waals surface area contributed by atoms with E-state index < -0.39 is 0 Å². The minimum atomic E-state index is 0.00510. The molecule has 0 unspecified atom stereocenters. The molecule has 0 N–H and O–H groups in total. The standard InChI is InChI=1S/C67H71BN2S/c1-39-30-45-48(64(7,8)28-26-62(45,3)4)35-53(39)69-52-25-24-44-43-22-18-19-23-58(43)71-61(44)60(52)68-51-34-47-50(67(13,14)38-66(47,11)12)37-55(51)70(57-33-42(32-56(69)59(57)68)41-20-16-15-17-21-41)54-36-49-46(31-40(54)2)63(5,6)27-29-65(49,9)10/h15-25,30-37H,26-29,38H2,1-14H3. The van der Waals surface area contributed by atoms with Crippen LogP contribution in [0.4, 0.5) is 34.1 Å². The quantitative estimate of drug-likeness (QED) is 0.163. The van der Waals surface area contributed by atoms with E-state index in [2.05, 4.69) is 222 Å². The van der Waals surface area contributed by atoms with Crippen molar-refractivity contribution in [2.45, 2.75) is 162 Å². The van der Waals surface area contributed by atoms with Crippen LogP contribution in [0.15, 0.2) is 115 Å². The molecule has 8 aromatic rings. The first-order valence-electron chi connectivity index (χ1n) is 26.8. The van der Waals surface area contributed by atoms with Crippen LogP contribution in [-0.4, -0.2) is 6.71 Å². The normalized spacial score (nSPS) is 20.0. The van der Waals surface area contributed by atoms with Crippen LogP contribution in [0, 0.1) is 13.8 Å². The monoisotopic (exact) mass is 947 g/mol. The van der Waals surface area contributed by atoms with Crippen LogP contribution in [0.5, 0.6) is 0 Å². The van der Waals surface area contributed by atoms with Crippen LogP contribution < -0.4 is 26.2 Å². The minimum absolute atomic E-state index is 0.00510. The molecule has 0 bridgehead atoms. The molecule has 0 amide bonds. The average molecular weight is 947 g/mol. The molecule has 358 valence electrons. The Morgan fingerprint density at radius 3 is 1.42 bits per heavy atom. The number of benzene rings is 7. The van der Waals surface area contributed by atoms with Gasteiger partial charge < -0.3 is 9.80 Å². The second kappa shape index (κ2) is 14.6. The van der Waals surface area contributed by atoms with Gasteiger partial charge in [-0.05, 0) is 198 Å². The van der Waals surface area contributed by atoms with E-state index in [9.17, 15) is 0 Å². The third-order valence-corrected chi connectivity index (χ3v) is 20.2. The Hall–Kier alpha value is -5.58. The third kappa shape index (κ3) is 6.38. The molecule has 13 rings (SSSR count). The van der Waals surface area contributed by atoms with Gasteiger partial charge >= 0.3 is 0 Å². The molecule has 0 spiro atoms. The Morgan fingerprint density at radius 1 is 0.394 bits per heavy atom. The molecule has 0 fully saturated rings. The van der Waals surface area contributed by atoms with Gasteiger partial charge in [0.25, 0.3) is 6.71 Å². The van der Waals surface area contributed by atoms with E-state index in [0.29, 0.717) is 0 Å². The highest BCUT2D eigenvalue weighted by Crippen LogP contribution is 2.57. The summed E-state index contributed by atoms with van der Waals surface area (Å²) in [6.45, 7) is 34.6. The van der Waals surface area contributed by atoms with Gasteiger partial charge in [-0.2, -0.15) is 0 Å². The largest absolute Gasteiger partial charge is 0.311 e. The zero-order valence-electron chi connectivity index (χ0n) is 44.9. The molecule has 3 heterocycles. The molecular weight excluding hydrogens is 876 g/mol. The number of nitrogens with zero attached hydrogens (tertiary/aromatic N) is 2. The molecule has 7 aromatic carbocycles. The maximum Gasteiger partial charge on any atom is 0.254 e. The Bertz CT molecular complexity index is 3620. The molecule has 2 aliphatic heterocycles. The van der Waals surface area contributed by atoms with Crippen LogP contribution in [-0.2, 0) is 32.5 Å². The van der Waals surface area contributed by atoms with E-state index in [-0.39, 0.29) is 39.2 Å². The van der Waals surface area contributed by atoms with Gasteiger partial charge in [0.1, 0.15) is 0 Å². The predicted molar refractivity (Wildman–Crippen MR) is 310 cm³/mol. The molecule has 71 heavy (non-hydrogen) atoms. The summed E-state index contributed by atoms with van der Waals surface area (Å²) >= 11 is 2.00. The number of rotatable bonds is 3. The zero-order chi connectivity index (χ0) is 49.7. The van der Waals surface area contributed by atoms with Crippen molar-refractivity contribution in [3.05, 3.63) is 160 Å². The van der Waals surface area contributed by atoms with E-state index in [4.69, 9.17) is 0 Å². The van der Waals surface area contributed by atoms with Crippen LogP contribution in [0.2, 0.25) is 0 Å². The first-order valence-corrected chi connectivity index (χ1v) is 27.6. The minimum Gasteiger partial charge on any atom is -0.311 e. The predicted octanol–water partition coefficient (Wildman–Crippen LogP) is 17.1. The fourth-order valence-corrected chi connectivity index (χ4v) is 16.2. The Morgan fingerprint density at radius 2 is 0.859 bits per heavy atom. The maximum absolute atomic E-state index is 2.77. The maximum atomic E-state index is 2.77. The zero-order valence-corrected chi connectivity index (χ0v) is 45.7. The summed E-state index contributed by atoms with van der Waals surface area (Å²) < 4.78 is 2.76. The Labute approximate surface area is 428 Å². The third-order valence-electron chi connectivity index (χ3n) is 19.0. The number of aryl methyl sites for hydroxylation is 2. The number of fused-ring (bicyclic) bond motifs is 11. The summed E-state index contributed by atoms with van der Waals surface area (Å²) in [5, 5.41) is 2.72. The molecule has 0 atom stereocenters. The van der Waals surface area contributed by atoms with Gasteiger partial charge in [0.2, 0.25) is 0 Å². The lowest BCUT2D eigenvalue weighted by atomic mass is 9.33. The number of hydrogen-bond acceptors (Lipinski definition) is 3. The van der Waals surface area contributed by atoms with Gasteiger partial charge in [-0.3, -0.25) is 0 Å². The highest BCUT2D eigenvalue weighted by molar-refractivity contribution is 7.28. The van der Waals surface area contributed by atoms with Crippen molar-refractivity contribution < 1.29 is 0 Å². The fourth-order valence-electron chi connectivity index (χ4n) is 14.9. The summed E-state index contributed by atoms with van der Waals surface area (Å²) in [6, 6.07) is 46.3. The van der Waals surface area contributed by atoms with Crippen molar-refractivity contribution in [2.75, 3.05) is 9.80 Å². The van der Waals surface area contributed by atoms with Crippen molar-refractivity contribution >= 4 is 88.7 Å². The van der Waals surface area contributed by atoms with Gasteiger partial charge in [0, 0.05) is 48.9 Å². The molecule has 4 heteroatoms. The van der Waals surface area contributed by atoms with Gasteiger partial charge in [-0.1, -0.05) is 156 Å². The summed E-state index contributed by atoms with van der Waals surface area (Å²) in [5.74, 6) is 0.